The fourth-order valence-corrected chi connectivity index (χ4v) is 2.92. The standard InChI is InChI=1S/C15H15N3O2S/c1-20-15(19)10-21-14-7-16-6-13(17-14)18-8-11-4-2-3-5-12(11)9-18/h2-7H,8-10H2,1H3. The molecule has 0 unspecified atom stereocenters. The van der Waals surface area contributed by atoms with E-state index in [1.54, 1.807) is 12.4 Å². The van der Waals surface area contributed by atoms with Gasteiger partial charge in [-0.3, -0.25) is 9.78 Å². The number of benzene rings is 1. The smallest absolute Gasteiger partial charge is 0.316 e. The van der Waals surface area contributed by atoms with Crippen molar-refractivity contribution < 1.29 is 9.53 Å². The van der Waals surface area contributed by atoms with E-state index < -0.39 is 0 Å². The van der Waals surface area contributed by atoms with Crippen LogP contribution in [0.3, 0.4) is 0 Å². The lowest BCUT2D eigenvalue weighted by Crippen LogP contribution is -2.16. The van der Waals surface area contributed by atoms with Gasteiger partial charge in [-0.05, 0) is 11.1 Å². The van der Waals surface area contributed by atoms with E-state index in [2.05, 4.69) is 43.9 Å². The van der Waals surface area contributed by atoms with Crippen LogP contribution in [0.5, 0.6) is 0 Å². The fraction of sp³-hybridized carbons (Fsp3) is 0.267. The number of thioether (sulfide) groups is 1. The second kappa shape index (κ2) is 6.13. The molecule has 0 aliphatic carbocycles. The molecule has 0 saturated heterocycles. The Morgan fingerprint density at radius 3 is 2.67 bits per heavy atom. The van der Waals surface area contributed by atoms with Crippen molar-refractivity contribution in [1.82, 2.24) is 9.97 Å². The number of hydrogen-bond donors (Lipinski definition) is 0. The molecule has 0 atom stereocenters. The molecule has 6 heteroatoms. The quantitative estimate of drug-likeness (QED) is 0.638. The largest absolute Gasteiger partial charge is 0.468 e. The number of nitrogens with zero attached hydrogens (tertiary/aromatic N) is 3. The van der Waals surface area contributed by atoms with Crippen molar-refractivity contribution in [3.8, 4) is 0 Å². The van der Waals surface area contributed by atoms with E-state index >= 15 is 0 Å². The molecule has 108 valence electrons. The van der Waals surface area contributed by atoms with Crippen molar-refractivity contribution in [3.63, 3.8) is 0 Å². The molecule has 0 saturated carbocycles. The van der Waals surface area contributed by atoms with Crippen molar-refractivity contribution in [1.29, 1.82) is 0 Å². The molecule has 1 aliphatic heterocycles. The first kappa shape index (κ1) is 13.9. The fourth-order valence-electron chi connectivity index (χ4n) is 2.25. The van der Waals surface area contributed by atoms with Gasteiger partial charge in [-0.15, -0.1) is 0 Å². The average Bonchev–Trinajstić information content (AvgIpc) is 2.97. The van der Waals surface area contributed by atoms with Gasteiger partial charge in [-0.2, -0.15) is 0 Å². The summed E-state index contributed by atoms with van der Waals surface area (Å²) >= 11 is 1.34. The molecule has 0 spiro atoms. The molecule has 21 heavy (non-hydrogen) atoms. The Morgan fingerprint density at radius 2 is 2.00 bits per heavy atom. The minimum absolute atomic E-state index is 0.245. The zero-order chi connectivity index (χ0) is 14.7. The Bertz CT molecular complexity index is 638. The highest BCUT2D eigenvalue weighted by Crippen LogP contribution is 2.27. The van der Waals surface area contributed by atoms with Crippen LogP contribution in [0.1, 0.15) is 11.1 Å². The Balaban J connectivity index is 1.71. The number of methoxy groups -OCH3 is 1. The van der Waals surface area contributed by atoms with Crippen LogP contribution in [0, 0.1) is 0 Å². The van der Waals surface area contributed by atoms with Crippen LogP contribution < -0.4 is 4.90 Å². The van der Waals surface area contributed by atoms with Crippen molar-refractivity contribution in [2.24, 2.45) is 0 Å². The summed E-state index contributed by atoms with van der Waals surface area (Å²) in [6.45, 7) is 1.69. The van der Waals surface area contributed by atoms with Crippen molar-refractivity contribution in [2.75, 3.05) is 17.8 Å². The van der Waals surface area contributed by atoms with Crippen LogP contribution >= 0.6 is 11.8 Å². The van der Waals surface area contributed by atoms with Crippen LogP contribution in [0.25, 0.3) is 0 Å². The van der Waals surface area contributed by atoms with E-state index in [9.17, 15) is 4.79 Å². The highest BCUT2D eigenvalue weighted by atomic mass is 32.2. The van der Waals surface area contributed by atoms with Crippen LogP contribution in [0.15, 0.2) is 41.7 Å². The monoisotopic (exact) mass is 301 g/mol. The molecular formula is C15H15N3O2S. The second-order valence-electron chi connectivity index (χ2n) is 4.71. The van der Waals surface area contributed by atoms with Gasteiger partial charge in [0.2, 0.25) is 0 Å². The van der Waals surface area contributed by atoms with Gasteiger partial charge in [0.15, 0.2) is 0 Å². The molecule has 0 amide bonds. The molecule has 3 rings (SSSR count). The molecule has 1 aliphatic rings. The number of carbonyl (C=O) groups excluding carboxylic acids is 1. The predicted octanol–water partition coefficient (Wildman–Crippen LogP) is 2.26. The van der Waals surface area contributed by atoms with Crippen LogP contribution in [0.2, 0.25) is 0 Å². The summed E-state index contributed by atoms with van der Waals surface area (Å²) in [5.74, 6) is 0.816. The zero-order valence-electron chi connectivity index (χ0n) is 11.7. The van der Waals surface area contributed by atoms with E-state index in [0.29, 0.717) is 0 Å². The molecule has 1 aromatic carbocycles. The average molecular weight is 301 g/mol. The van der Waals surface area contributed by atoms with E-state index in [1.807, 2.05) is 0 Å². The maximum atomic E-state index is 11.2. The molecule has 1 aromatic heterocycles. The first-order valence-corrected chi connectivity index (χ1v) is 7.58. The van der Waals surface area contributed by atoms with E-state index in [4.69, 9.17) is 0 Å². The molecule has 2 aromatic rings. The van der Waals surface area contributed by atoms with Crippen molar-refractivity contribution in [2.45, 2.75) is 18.1 Å². The zero-order valence-corrected chi connectivity index (χ0v) is 12.5. The highest BCUT2D eigenvalue weighted by Gasteiger charge is 2.20. The lowest BCUT2D eigenvalue weighted by molar-refractivity contribution is -0.137. The first-order valence-electron chi connectivity index (χ1n) is 6.59. The summed E-state index contributed by atoms with van der Waals surface area (Å²) in [4.78, 5) is 22.1. The van der Waals surface area contributed by atoms with Gasteiger partial charge < -0.3 is 9.64 Å². The summed E-state index contributed by atoms with van der Waals surface area (Å²) in [5.41, 5.74) is 2.65. The van der Waals surface area contributed by atoms with Gasteiger partial charge in [0.05, 0.1) is 25.3 Å². The SMILES string of the molecule is COC(=O)CSc1cncc(N2Cc3ccccc3C2)n1. The number of hydrogen-bond acceptors (Lipinski definition) is 6. The summed E-state index contributed by atoms with van der Waals surface area (Å²) in [5, 5.41) is 0.730. The van der Waals surface area contributed by atoms with Gasteiger partial charge in [0, 0.05) is 13.1 Å². The summed E-state index contributed by atoms with van der Waals surface area (Å²) < 4.78 is 4.63. The third-order valence-electron chi connectivity index (χ3n) is 3.33. The molecule has 5 nitrogen and oxygen atoms in total. The highest BCUT2D eigenvalue weighted by molar-refractivity contribution is 7.99. The number of anilines is 1. The normalized spacial score (nSPS) is 13.1. The number of ether oxygens (including phenoxy) is 1. The van der Waals surface area contributed by atoms with Gasteiger partial charge in [0.25, 0.3) is 0 Å². The molecule has 2 heterocycles. The van der Waals surface area contributed by atoms with Crippen molar-refractivity contribution in [3.05, 3.63) is 47.8 Å². The van der Waals surface area contributed by atoms with Crippen LogP contribution in [-0.2, 0) is 22.6 Å². The van der Waals surface area contributed by atoms with Crippen LogP contribution in [-0.4, -0.2) is 28.8 Å². The minimum atomic E-state index is -0.263. The third-order valence-corrected chi connectivity index (χ3v) is 4.20. The minimum Gasteiger partial charge on any atom is -0.468 e. The topological polar surface area (TPSA) is 55.3 Å². The molecule has 0 N–H and O–H groups in total. The summed E-state index contributed by atoms with van der Waals surface area (Å²) in [6.07, 6.45) is 3.43. The number of fused-ring (bicyclic) bond motifs is 1. The first-order chi connectivity index (χ1) is 10.3. The van der Waals surface area contributed by atoms with Crippen molar-refractivity contribution >= 4 is 23.5 Å². The Morgan fingerprint density at radius 1 is 1.29 bits per heavy atom. The second-order valence-corrected chi connectivity index (χ2v) is 5.70. The number of esters is 1. The lowest BCUT2D eigenvalue weighted by Gasteiger charge is -2.16. The lowest BCUT2D eigenvalue weighted by atomic mass is 10.1. The molecule has 0 radical (unpaired) electrons. The maximum absolute atomic E-state index is 11.2. The van der Waals surface area contributed by atoms with Crippen LogP contribution in [0.4, 0.5) is 5.82 Å². The number of carbonyl (C=O) groups is 1. The summed E-state index contributed by atoms with van der Waals surface area (Å²) in [6, 6.07) is 8.38. The summed E-state index contributed by atoms with van der Waals surface area (Å²) in [7, 11) is 1.38. The number of aromatic nitrogens is 2. The Labute approximate surface area is 127 Å². The Kier molecular flexibility index (Phi) is 4.06. The molecule has 0 fully saturated rings. The molecular weight excluding hydrogens is 286 g/mol. The molecule has 0 bridgehead atoms. The van der Waals surface area contributed by atoms with E-state index in [0.717, 1.165) is 23.9 Å². The number of rotatable bonds is 4. The third kappa shape index (κ3) is 3.16. The van der Waals surface area contributed by atoms with E-state index in [1.165, 1.54) is 30.0 Å². The van der Waals surface area contributed by atoms with Gasteiger partial charge in [0.1, 0.15) is 10.8 Å². The van der Waals surface area contributed by atoms with E-state index in [-0.39, 0.29) is 11.7 Å². The Hall–Kier alpha value is -2.08. The van der Waals surface area contributed by atoms with Gasteiger partial charge in [-0.1, -0.05) is 36.0 Å². The van der Waals surface area contributed by atoms with Gasteiger partial charge >= 0.3 is 5.97 Å². The van der Waals surface area contributed by atoms with Gasteiger partial charge in [-0.25, -0.2) is 4.98 Å². The maximum Gasteiger partial charge on any atom is 0.316 e. The predicted molar refractivity (Wildman–Crippen MR) is 81.1 cm³/mol.